The van der Waals surface area contributed by atoms with Crippen LogP contribution in [0.2, 0.25) is 5.15 Å². The van der Waals surface area contributed by atoms with Crippen LogP contribution in [0.25, 0.3) is 0 Å². The van der Waals surface area contributed by atoms with Crippen molar-refractivity contribution in [1.29, 1.82) is 0 Å². The topological polar surface area (TPSA) is 62.2 Å². The number of halogens is 1. The first-order chi connectivity index (χ1) is 9.58. The molecule has 2 aromatic rings. The van der Waals surface area contributed by atoms with Gasteiger partial charge in [0, 0.05) is 17.8 Å². The second kappa shape index (κ2) is 6.50. The molecule has 0 aliphatic carbocycles. The lowest BCUT2D eigenvalue weighted by molar-refractivity contribution is 0.0950. The molecule has 0 bridgehead atoms. The molecule has 0 unspecified atom stereocenters. The summed E-state index contributed by atoms with van der Waals surface area (Å²) in [6.45, 7) is 2.17. The average molecular weight is 291 g/mol. The van der Waals surface area contributed by atoms with Crippen molar-refractivity contribution in [3.63, 3.8) is 0 Å². The van der Waals surface area contributed by atoms with E-state index < -0.39 is 0 Å². The highest BCUT2D eigenvalue weighted by Crippen LogP contribution is 2.11. The van der Waals surface area contributed by atoms with E-state index in [0.29, 0.717) is 23.0 Å². The van der Waals surface area contributed by atoms with Crippen LogP contribution < -0.4 is 5.32 Å². The van der Waals surface area contributed by atoms with Crippen molar-refractivity contribution in [2.24, 2.45) is 0 Å². The number of hydrogen-bond donors (Lipinski definition) is 2. The molecule has 0 saturated carbocycles. The van der Waals surface area contributed by atoms with Gasteiger partial charge in [0.15, 0.2) is 0 Å². The van der Waals surface area contributed by atoms with Crippen molar-refractivity contribution in [3.05, 3.63) is 63.9 Å². The Kier molecular flexibility index (Phi) is 4.71. The number of aliphatic hydroxyl groups is 1. The van der Waals surface area contributed by atoms with Crippen LogP contribution in [0.1, 0.15) is 27.2 Å². The lowest BCUT2D eigenvalue weighted by atomic mass is 10.1. The van der Waals surface area contributed by atoms with Gasteiger partial charge in [-0.25, -0.2) is 4.98 Å². The molecule has 1 aromatic carbocycles. The van der Waals surface area contributed by atoms with Crippen molar-refractivity contribution in [1.82, 2.24) is 10.3 Å². The maximum atomic E-state index is 12.0. The van der Waals surface area contributed by atoms with E-state index >= 15 is 0 Å². The monoisotopic (exact) mass is 290 g/mol. The normalized spacial score (nSPS) is 10.3. The number of hydrogen-bond acceptors (Lipinski definition) is 3. The fraction of sp³-hybridized carbons (Fsp3) is 0.200. The zero-order valence-electron chi connectivity index (χ0n) is 11.1. The van der Waals surface area contributed by atoms with Crippen LogP contribution in [0, 0.1) is 6.92 Å². The van der Waals surface area contributed by atoms with Gasteiger partial charge in [0.1, 0.15) is 5.15 Å². The molecule has 2 rings (SSSR count). The third-order valence-electron chi connectivity index (χ3n) is 2.81. The molecule has 1 amide bonds. The minimum atomic E-state index is -0.202. The maximum absolute atomic E-state index is 12.0. The Morgan fingerprint density at radius 1 is 1.30 bits per heavy atom. The van der Waals surface area contributed by atoms with E-state index in [-0.39, 0.29) is 12.5 Å². The summed E-state index contributed by atoms with van der Waals surface area (Å²) in [6.07, 6.45) is 0. The summed E-state index contributed by atoms with van der Waals surface area (Å²) in [7, 11) is 0. The van der Waals surface area contributed by atoms with Crippen LogP contribution in [0.3, 0.4) is 0 Å². The number of carbonyl (C=O) groups excluding carboxylic acids is 1. The summed E-state index contributed by atoms with van der Waals surface area (Å²) in [4.78, 5) is 16.0. The van der Waals surface area contributed by atoms with Crippen molar-refractivity contribution in [3.8, 4) is 0 Å². The Morgan fingerprint density at radius 3 is 2.75 bits per heavy atom. The highest BCUT2D eigenvalue weighted by atomic mass is 35.5. The predicted octanol–water partition coefficient (Wildman–Crippen LogP) is 2.47. The van der Waals surface area contributed by atoms with Crippen LogP contribution >= 0.6 is 11.6 Å². The third kappa shape index (κ3) is 3.79. The molecule has 1 heterocycles. The number of benzene rings is 1. The smallest absolute Gasteiger partial charge is 0.251 e. The highest BCUT2D eigenvalue weighted by Gasteiger charge is 2.07. The van der Waals surface area contributed by atoms with Crippen molar-refractivity contribution in [2.75, 3.05) is 0 Å². The maximum Gasteiger partial charge on any atom is 0.251 e. The molecule has 1 aromatic heterocycles. The SMILES string of the molecule is Cc1cc(C(=O)NCc2cccc(CO)c2)cc(Cl)n1. The number of aliphatic hydroxyl groups excluding tert-OH is 1. The molecule has 0 spiro atoms. The minimum absolute atomic E-state index is 0.0130. The molecule has 2 N–H and O–H groups in total. The number of rotatable bonds is 4. The number of amides is 1. The van der Waals surface area contributed by atoms with E-state index in [1.54, 1.807) is 13.0 Å². The van der Waals surface area contributed by atoms with E-state index in [1.165, 1.54) is 6.07 Å². The summed E-state index contributed by atoms with van der Waals surface area (Å²) in [5, 5.41) is 12.2. The predicted molar refractivity (Wildman–Crippen MR) is 77.5 cm³/mol. The van der Waals surface area contributed by atoms with Gasteiger partial charge in [0.25, 0.3) is 5.91 Å². The molecule has 20 heavy (non-hydrogen) atoms. The van der Waals surface area contributed by atoms with Crippen molar-refractivity contribution in [2.45, 2.75) is 20.1 Å². The van der Waals surface area contributed by atoms with Gasteiger partial charge in [-0.2, -0.15) is 0 Å². The first-order valence-electron chi connectivity index (χ1n) is 6.19. The molecule has 0 saturated heterocycles. The van der Waals surface area contributed by atoms with Crippen LogP contribution in [-0.4, -0.2) is 16.0 Å². The fourth-order valence-electron chi connectivity index (χ4n) is 1.88. The largest absolute Gasteiger partial charge is 0.392 e. The van der Waals surface area contributed by atoms with Crippen LogP contribution in [0.15, 0.2) is 36.4 Å². The molecular weight excluding hydrogens is 276 g/mol. The number of aromatic nitrogens is 1. The van der Waals surface area contributed by atoms with Crippen LogP contribution in [0.4, 0.5) is 0 Å². The second-order valence-corrected chi connectivity index (χ2v) is 4.87. The lowest BCUT2D eigenvalue weighted by Crippen LogP contribution is -2.23. The number of carbonyl (C=O) groups is 1. The zero-order valence-corrected chi connectivity index (χ0v) is 11.8. The molecule has 104 valence electrons. The van der Waals surface area contributed by atoms with E-state index in [0.717, 1.165) is 11.1 Å². The molecule has 0 radical (unpaired) electrons. The van der Waals surface area contributed by atoms with E-state index in [1.807, 2.05) is 24.3 Å². The molecule has 0 aliphatic rings. The summed E-state index contributed by atoms with van der Waals surface area (Å²) >= 11 is 5.83. The Labute approximate surface area is 122 Å². The zero-order chi connectivity index (χ0) is 14.5. The molecule has 0 aliphatic heterocycles. The first-order valence-corrected chi connectivity index (χ1v) is 6.57. The Hall–Kier alpha value is -1.91. The Morgan fingerprint density at radius 2 is 2.05 bits per heavy atom. The molecule has 0 fully saturated rings. The molecule has 0 atom stereocenters. The summed E-state index contributed by atoms with van der Waals surface area (Å²) in [5.74, 6) is -0.202. The van der Waals surface area contributed by atoms with E-state index in [2.05, 4.69) is 10.3 Å². The standard InChI is InChI=1S/C15H15ClN2O2/c1-10-5-13(7-14(16)18-10)15(20)17-8-11-3-2-4-12(6-11)9-19/h2-7,19H,8-9H2,1H3,(H,17,20). The second-order valence-electron chi connectivity index (χ2n) is 4.48. The Balaban J connectivity index is 2.04. The number of aryl methyl sites for hydroxylation is 1. The summed E-state index contributed by atoms with van der Waals surface area (Å²) < 4.78 is 0. The van der Waals surface area contributed by atoms with E-state index in [4.69, 9.17) is 16.7 Å². The lowest BCUT2D eigenvalue weighted by Gasteiger charge is -2.07. The summed E-state index contributed by atoms with van der Waals surface area (Å²) in [6, 6.07) is 10.6. The van der Waals surface area contributed by atoms with Crippen molar-refractivity contribution >= 4 is 17.5 Å². The van der Waals surface area contributed by atoms with Crippen LogP contribution in [0.5, 0.6) is 0 Å². The van der Waals surface area contributed by atoms with Gasteiger partial charge in [-0.15, -0.1) is 0 Å². The number of nitrogens with one attached hydrogen (secondary N) is 1. The molecule has 4 nitrogen and oxygen atoms in total. The summed E-state index contributed by atoms with van der Waals surface area (Å²) in [5.41, 5.74) is 2.94. The molecule has 5 heteroatoms. The average Bonchev–Trinajstić information content (AvgIpc) is 2.44. The highest BCUT2D eigenvalue weighted by molar-refractivity contribution is 6.29. The van der Waals surface area contributed by atoms with Crippen molar-refractivity contribution < 1.29 is 9.90 Å². The van der Waals surface area contributed by atoms with E-state index in [9.17, 15) is 4.79 Å². The third-order valence-corrected chi connectivity index (χ3v) is 3.01. The van der Waals surface area contributed by atoms with Gasteiger partial charge in [0.2, 0.25) is 0 Å². The number of nitrogens with zero attached hydrogens (tertiary/aromatic N) is 1. The first kappa shape index (κ1) is 14.5. The number of pyridine rings is 1. The van der Waals surface area contributed by atoms with Gasteiger partial charge >= 0.3 is 0 Å². The minimum Gasteiger partial charge on any atom is -0.392 e. The van der Waals surface area contributed by atoms with Gasteiger partial charge < -0.3 is 10.4 Å². The van der Waals surface area contributed by atoms with Gasteiger partial charge in [-0.05, 0) is 30.2 Å². The molecular formula is C15H15ClN2O2. The van der Waals surface area contributed by atoms with Gasteiger partial charge in [-0.3, -0.25) is 4.79 Å². The Bertz CT molecular complexity index is 609. The fourth-order valence-corrected chi connectivity index (χ4v) is 2.13. The van der Waals surface area contributed by atoms with Crippen LogP contribution in [-0.2, 0) is 13.2 Å². The van der Waals surface area contributed by atoms with Gasteiger partial charge in [-0.1, -0.05) is 35.9 Å². The van der Waals surface area contributed by atoms with Gasteiger partial charge in [0.05, 0.1) is 6.61 Å². The quantitative estimate of drug-likeness (QED) is 0.850.